The van der Waals surface area contributed by atoms with Crippen molar-refractivity contribution in [3.05, 3.63) is 80.5 Å². The molecule has 140 valence electrons. The van der Waals surface area contributed by atoms with Crippen molar-refractivity contribution in [1.82, 2.24) is 19.7 Å². The fraction of sp³-hybridized carbons (Fsp3) is 0.190. The molecule has 0 fully saturated rings. The van der Waals surface area contributed by atoms with E-state index in [-0.39, 0.29) is 23.6 Å². The molecule has 1 aliphatic rings. The average Bonchev–Trinajstić information content (AvgIpc) is 3.09. The van der Waals surface area contributed by atoms with Gasteiger partial charge in [0.25, 0.3) is 11.1 Å². The molecule has 3 heterocycles. The van der Waals surface area contributed by atoms with Gasteiger partial charge in [-0.1, -0.05) is 30.3 Å². The van der Waals surface area contributed by atoms with Crippen molar-refractivity contribution in [2.75, 3.05) is 6.54 Å². The zero-order valence-corrected chi connectivity index (χ0v) is 15.1. The first-order chi connectivity index (χ1) is 13.6. The quantitative estimate of drug-likeness (QED) is 0.560. The average molecular weight is 374 g/mol. The Hall–Kier alpha value is -3.61. The minimum Gasteiger partial charge on any atom is -0.358 e. The van der Waals surface area contributed by atoms with Gasteiger partial charge in [0.15, 0.2) is 0 Å². The minimum atomic E-state index is -0.374. The summed E-state index contributed by atoms with van der Waals surface area (Å²) in [5.74, 6) is -0.191. The Morgan fingerprint density at radius 1 is 0.964 bits per heavy atom. The van der Waals surface area contributed by atoms with Gasteiger partial charge in [0, 0.05) is 41.7 Å². The van der Waals surface area contributed by atoms with E-state index in [1.807, 2.05) is 24.3 Å². The van der Waals surface area contributed by atoms with E-state index in [2.05, 4.69) is 10.1 Å². The largest absolute Gasteiger partial charge is 0.358 e. The molecule has 2 aromatic heterocycles. The highest BCUT2D eigenvalue weighted by Gasteiger charge is 2.24. The predicted octanol–water partition coefficient (Wildman–Crippen LogP) is 1.76. The molecule has 0 radical (unpaired) electrons. The third kappa shape index (κ3) is 2.55. The highest BCUT2D eigenvalue weighted by atomic mass is 16.2. The molecule has 7 heteroatoms. The number of nitrogens with zero attached hydrogens (tertiary/aromatic N) is 2. The molecule has 0 aliphatic carbocycles. The van der Waals surface area contributed by atoms with Crippen LogP contribution in [-0.2, 0) is 24.3 Å². The lowest BCUT2D eigenvalue weighted by atomic mass is 10.0. The van der Waals surface area contributed by atoms with Gasteiger partial charge in [0.2, 0.25) is 5.91 Å². The monoisotopic (exact) mass is 374 g/mol. The molecule has 7 nitrogen and oxygen atoms in total. The number of carbonyl (C=O) groups is 1. The van der Waals surface area contributed by atoms with Gasteiger partial charge in [0.05, 0.1) is 10.8 Å². The summed E-state index contributed by atoms with van der Waals surface area (Å²) in [6, 6.07) is 14.7. The second-order valence-electron chi connectivity index (χ2n) is 7.07. The van der Waals surface area contributed by atoms with Crippen LogP contribution in [0.1, 0.15) is 11.3 Å². The second kappa shape index (κ2) is 6.23. The van der Waals surface area contributed by atoms with Gasteiger partial charge >= 0.3 is 0 Å². The fourth-order valence-electron chi connectivity index (χ4n) is 3.97. The Morgan fingerprint density at radius 2 is 1.68 bits per heavy atom. The molecule has 2 N–H and O–H groups in total. The number of amides is 1. The highest BCUT2D eigenvalue weighted by molar-refractivity contribution is 5.86. The first-order valence-electron chi connectivity index (χ1n) is 9.20. The summed E-state index contributed by atoms with van der Waals surface area (Å²) in [6.07, 6.45) is 0.735. The molecule has 2 aromatic carbocycles. The first-order valence-corrected chi connectivity index (χ1v) is 9.20. The van der Waals surface area contributed by atoms with Crippen LogP contribution in [0.15, 0.2) is 58.1 Å². The Balaban J connectivity index is 1.45. The van der Waals surface area contributed by atoms with E-state index in [4.69, 9.17) is 0 Å². The van der Waals surface area contributed by atoms with Gasteiger partial charge in [-0.2, -0.15) is 0 Å². The number of hydrogen-bond donors (Lipinski definition) is 2. The van der Waals surface area contributed by atoms with Crippen molar-refractivity contribution in [2.45, 2.75) is 19.5 Å². The van der Waals surface area contributed by atoms with Crippen LogP contribution in [0.3, 0.4) is 0 Å². The molecule has 28 heavy (non-hydrogen) atoms. The highest BCUT2D eigenvalue weighted by Crippen LogP contribution is 2.27. The predicted molar refractivity (Wildman–Crippen MR) is 106 cm³/mol. The molecule has 0 atom stereocenters. The topological polar surface area (TPSA) is 91.0 Å². The number of benzene rings is 2. The standard InChI is InChI=1S/C21H18N4O3/c26-19(12-25-21(28)15-7-2-1-6-14(15)20(27)23-25)24-10-9-18-16(11-24)13-5-3-4-8-17(13)22-18/h1-8,22H,9-12H2,(H,23,27). The van der Waals surface area contributed by atoms with Crippen LogP contribution in [0.2, 0.25) is 0 Å². The van der Waals surface area contributed by atoms with E-state index < -0.39 is 0 Å². The molecule has 0 unspecified atom stereocenters. The SMILES string of the molecule is O=C(Cn1[nH]c(=O)c2ccccc2c1=O)N1CCc2[nH]c3ccccc3c2C1. The lowest BCUT2D eigenvalue weighted by Gasteiger charge is -2.27. The van der Waals surface area contributed by atoms with E-state index in [1.54, 1.807) is 29.2 Å². The number of rotatable bonds is 2. The molecule has 0 spiro atoms. The van der Waals surface area contributed by atoms with E-state index in [0.717, 1.165) is 33.3 Å². The molecular weight excluding hydrogens is 356 g/mol. The Bertz CT molecular complexity index is 1350. The maximum atomic E-state index is 12.9. The van der Waals surface area contributed by atoms with Crippen LogP contribution in [0.25, 0.3) is 21.7 Å². The van der Waals surface area contributed by atoms with Crippen molar-refractivity contribution in [1.29, 1.82) is 0 Å². The summed E-state index contributed by atoms with van der Waals surface area (Å²) in [6.45, 7) is 0.882. The molecule has 0 bridgehead atoms. The first kappa shape index (κ1) is 16.6. The van der Waals surface area contributed by atoms with Crippen molar-refractivity contribution < 1.29 is 4.79 Å². The van der Waals surface area contributed by atoms with Crippen LogP contribution in [0.4, 0.5) is 0 Å². The van der Waals surface area contributed by atoms with Crippen LogP contribution >= 0.6 is 0 Å². The van der Waals surface area contributed by atoms with Crippen molar-refractivity contribution >= 4 is 27.6 Å². The summed E-state index contributed by atoms with van der Waals surface area (Å²) < 4.78 is 1.11. The summed E-state index contributed by atoms with van der Waals surface area (Å²) in [7, 11) is 0. The van der Waals surface area contributed by atoms with E-state index in [1.165, 1.54) is 0 Å². The lowest BCUT2D eigenvalue weighted by molar-refractivity contribution is -0.133. The number of nitrogens with one attached hydrogen (secondary N) is 2. The maximum absolute atomic E-state index is 12.9. The molecule has 1 amide bonds. The van der Waals surface area contributed by atoms with Crippen molar-refractivity contribution in [3.8, 4) is 0 Å². The van der Waals surface area contributed by atoms with E-state index in [9.17, 15) is 14.4 Å². The van der Waals surface area contributed by atoms with Crippen LogP contribution in [0, 0.1) is 0 Å². The summed E-state index contributed by atoms with van der Waals surface area (Å²) in [5.41, 5.74) is 2.60. The number of para-hydroxylation sites is 1. The van der Waals surface area contributed by atoms with Gasteiger partial charge in [-0.05, 0) is 18.2 Å². The Kier molecular flexibility index (Phi) is 3.68. The maximum Gasteiger partial charge on any atom is 0.273 e. The number of aromatic nitrogens is 3. The summed E-state index contributed by atoms with van der Waals surface area (Å²) in [4.78, 5) is 42.9. The zero-order chi connectivity index (χ0) is 19.3. The van der Waals surface area contributed by atoms with Gasteiger partial charge in [-0.3, -0.25) is 19.5 Å². The van der Waals surface area contributed by atoms with Gasteiger partial charge in [0.1, 0.15) is 6.54 Å². The van der Waals surface area contributed by atoms with E-state index >= 15 is 0 Å². The number of carbonyl (C=O) groups excluding carboxylic acids is 1. The molecule has 5 rings (SSSR count). The number of H-pyrrole nitrogens is 2. The molecule has 4 aromatic rings. The second-order valence-corrected chi connectivity index (χ2v) is 7.07. The number of aromatic amines is 2. The van der Waals surface area contributed by atoms with Gasteiger partial charge in [-0.15, -0.1) is 0 Å². The van der Waals surface area contributed by atoms with Crippen LogP contribution < -0.4 is 11.1 Å². The number of fused-ring (bicyclic) bond motifs is 4. The van der Waals surface area contributed by atoms with Crippen molar-refractivity contribution in [2.24, 2.45) is 0 Å². The van der Waals surface area contributed by atoms with Crippen LogP contribution in [-0.4, -0.2) is 32.1 Å². The molecule has 0 saturated carbocycles. The normalized spacial score (nSPS) is 13.8. The minimum absolute atomic E-state index is 0.184. The third-order valence-corrected chi connectivity index (χ3v) is 5.41. The molecular formula is C21H18N4O3. The lowest BCUT2D eigenvalue weighted by Crippen LogP contribution is -2.41. The number of hydrogen-bond acceptors (Lipinski definition) is 3. The Morgan fingerprint density at radius 3 is 2.50 bits per heavy atom. The smallest absolute Gasteiger partial charge is 0.273 e. The fourth-order valence-corrected chi connectivity index (χ4v) is 3.97. The Labute approximate surface area is 159 Å². The molecule has 1 aliphatic heterocycles. The zero-order valence-electron chi connectivity index (χ0n) is 15.1. The van der Waals surface area contributed by atoms with Gasteiger partial charge < -0.3 is 9.88 Å². The summed E-state index contributed by atoms with van der Waals surface area (Å²) in [5, 5.41) is 4.29. The van der Waals surface area contributed by atoms with E-state index in [0.29, 0.717) is 23.9 Å². The van der Waals surface area contributed by atoms with Gasteiger partial charge in [-0.25, -0.2) is 4.68 Å². The molecule has 0 saturated heterocycles. The van der Waals surface area contributed by atoms with Crippen LogP contribution in [0.5, 0.6) is 0 Å². The third-order valence-electron chi connectivity index (χ3n) is 5.41. The van der Waals surface area contributed by atoms with Crippen molar-refractivity contribution in [3.63, 3.8) is 0 Å². The summed E-state index contributed by atoms with van der Waals surface area (Å²) >= 11 is 0.